The molecule has 0 aliphatic carbocycles. The minimum atomic E-state index is 1.09. The quantitative estimate of drug-likeness (QED) is 0.685. The van der Waals surface area contributed by atoms with Crippen molar-refractivity contribution in [1.29, 1.82) is 0 Å². The molecule has 84 valence electrons. The topological polar surface area (TPSA) is 0 Å². The van der Waals surface area contributed by atoms with Gasteiger partial charge in [0, 0.05) is 4.48 Å². The molecule has 0 bridgehead atoms. The van der Waals surface area contributed by atoms with E-state index in [0.29, 0.717) is 0 Å². The Bertz CT molecular complexity index is 510. The van der Waals surface area contributed by atoms with Gasteiger partial charge in [0.2, 0.25) is 0 Å². The number of rotatable bonds is 3. The summed E-state index contributed by atoms with van der Waals surface area (Å²) in [4.78, 5) is 0. The van der Waals surface area contributed by atoms with Crippen LogP contribution in [0.2, 0.25) is 0 Å². The molecule has 0 saturated heterocycles. The van der Waals surface area contributed by atoms with Gasteiger partial charge in [0.25, 0.3) is 0 Å². The fourth-order valence-electron chi connectivity index (χ4n) is 1.50. The molecule has 0 nitrogen and oxygen atoms in total. The lowest BCUT2D eigenvalue weighted by atomic mass is 10.2. The lowest BCUT2D eigenvalue weighted by Crippen LogP contribution is -1.73. The first-order valence-electron chi connectivity index (χ1n) is 5.50. The van der Waals surface area contributed by atoms with Crippen LogP contribution < -0.4 is 0 Å². The van der Waals surface area contributed by atoms with E-state index in [4.69, 9.17) is 0 Å². The molecule has 0 amide bonds. The molecule has 1 heteroatoms. The van der Waals surface area contributed by atoms with E-state index >= 15 is 0 Å². The maximum absolute atomic E-state index is 3.57. The van der Waals surface area contributed by atoms with E-state index in [0.717, 1.165) is 4.48 Å². The first kappa shape index (κ1) is 11.9. The molecule has 2 aromatic rings. The molecular weight excluding hydrogens is 272 g/mol. The van der Waals surface area contributed by atoms with Crippen LogP contribution in [0.5, 0.6) is 0 Å². The summed E-state index contributed by atoms with van der Waals surface area (Å²) in [5.41, 5.74) is 2.39. The molecule has 0 heterocycles. The average Bonchev–Trinajstić information content (AvgIpc) is 2.41. The normalized spacial score (nSPS) is 11.9. The fraction of sp³-hybridized carbons (Fsp3) is 0. The first-order chi connectivity index (χ1) is 8.36. The highest BCUT2D eigenvalue weighted by atomic mass is 79.9. The first-order valence-corrected chi connectivity index (χ1v) is 6.30. The third-order valence-corrected chi connectivity index (χ3v) is 3.10. The van der Waals surface area contributed by atoms with Crippen LogP contribution in [-0.2, 0) is 0 Å². The second-order valence-corrected chi connectivity index (χ2v) is 4.50. The summed E-state index contributed by atoms with van der Waals surface area (Å²) in [7, 11) is 0. The Kier molecular flexibility index (Phi) is 4.34. The van der Waals surface area contributed by atoms with Gasteiger partial charge in [-0.15, -0.1) is 0 Å². The standard InChI is InChI=1S/C16H13Br/c17-16(15-11-5-2-6-12-15)13-7-10-14-8-3-1-4-9-14/h1-13H/b10-7+,16-13-. The van der Waals surface area contributed by atoms with Gasteiger partial charge in [-0.1, -0.05) is 88.7 Å². The number of hydrogen-bond acceptors (Lipinski definition) is 0. The van der Waals surface area contributed by atoms with Crippen molar-refractivity contribution >= 4 is 26.5 Å². The molecule has 0 aromatic heterocycles. The Morgan fingerprint density at radius 1 is 0.824 bits per heavy atom. The molecule has 0 aliphatic heterocycles. The van der Waals surface area contributed by atoms with Gasteiger partial charge < -0.3 is 0 Å². The average molecular weight is 285 g/mol. The summed E-state index contributed by atoms with van der Waals surface area (Å²) in [5.74, 6) is 0. The van der Waals surface area contributed by atoms with E-state index in [2.05, 4.69) is 52.3 Å². The fourth-order valence-corrected chi connectivity index (χ4v) is 1.92. The zero-order chi connectivity index (χ0) is 11.9. The third kappa shape index (κ3) is 3.72. The van der Waals surface area contributed by atoms with Gasteiger partial charge in [0.05, 0.1) is 0 Å². The van der Waals surface area contributed by atoms with Crippen molar-refractivity contribution in [3.05, 3.63) is 83.9 Å². The van der Waals surface area contributed by atoms with Crippen LogP contribution in [0.3, 0.4) is 0 Å². The number of allylic oxidation sites excluding steroid dienone is 2. The van der Waals surface area contributed by atoms with E-state index in [-0.39, 0.29) is 0 Å². The van der Waals surface area contributed by atoms with Crippen molar-refractivity contribution in [3.8, 4) is 0 Å². The minimum Gasteiger partial charge on any atom is -0.0622 e. The Morgan fingerprint density at radius 2 is 1.41 bits per heavy atom. The maximum Gasteiger partial charge on any atom is 0.0247 e. The van der Waals surface area contributed by atoms with Crippen LogP contribution in [-0.4, -0.2) is 0 Å². The summed E-state index contributed by atoms with van der Waals surface area (Å²) in [6, 6.07) is 20.5. The highest BCUT2D eigenvalue weighted by Gasteiger charge is 1.92. The molecule has 0 aliphatic rings. The molecule has 0 unspecified atom stereocenters. The van der Waals surface area contributed by atoms with Gasteiger partial charge in [0.15, 0.2) is 0 Å². The Balaban J connectivity index is 2.09. The highest BCUT2D eigenvalue weighted by molar-refractivity contribution is 9.15. The van der Waals surface area contributed by atoms with Gasteiger partial charge in [-0.3, -0.25) is 0 Å². The molecule has 2 aromatic carbocycles. The number of halogens is 1. The van der Waals surface area contributed by atoms with Crippen LogP contribution in [0.25, 0.3) is 10.6 Å². The zero-order valence-corrected chi connectivity index (χ0v) is 11.0. The largest absolute Gasteiger partial charge is 0.0622 e. The molecule has 17 heavy (non-hydrogen) atoms. The molecule has 0 radical (unpaired) electrons. The number of benzene rings is 2. The van der Waals surface area contributed by atoms with Crippen molar-refractivity contribution in [2.75, 3.05) is 0 Å². The lowest BCUT2D eigenvalue weighted by Gasteiger charge is -1.96. The third-order valence-electron chi connectivity index (χ3n) is 2.38. The monoisotopic (exact) mass is 284 g/mol. The maximum atomic E-state index is 3.57. The van der Waals surface area contributed by atoms with Crippen LogP contribution >= 0.6 is 15.9 Å². The van der Waals surface area contributed by atoms with Crippen molar-refractivity contribution in [1.82, 2.24) is 0 Å². The molecule has 0 fully saturated rings. The van der Waals surface area contributed by atoms with E-state index in [9.17, 15) is 0 Å². The summed E-state index contributed by atoms with van der Waals surface area (Å²) < 4.78 is 1.09. The number of hydrogen-bond donors (Lipinski definition) is 0. The lowest BCUT2D eigenvalue weighted by molar-refractivity contribution is 1.65. The SMILES string of the molecule is Br/C(=C\C=C\c1ccccc1)c1ccccc1. The summed E-state index contributed by atoms with van der Waals surface area (Å²) in [5, 5.41) is 0. The Morgan fingerprint density at radius 3 is 2.06 bits per heavy atom. The second-order valence-electron chi connectivity index (χ2n) is 3.65. The zero-order valence-electron chi connectivity index (χ0n) is 9.38. The predicted molar refractivity (Wildman–Crippen MR) is 78.8 cm³/mol. The van der Waals surface area contributed by atoms with Gasteiger partial charge in [0.1, 0.15) is 0 Å². The van der Waals surface area contributed by atoms with Crippen molar-refractivity contribution in [2.45, 2.75) is 0 Å². The summed E-state index contributed by atoms with van der Waals surface area (Å²) in [6.07, 6.45) is 6.19. The smallest absolute Gasteiger partial charge is 0.0247 e. The van der Waals surface area contributed by atoms with Crippen LogP contribution in [0.15, 0.2) is 72.8 Å². The van der Waals surface area contributed by atoms with Gasteiger partial charge >= 0.3 is 0 Å². The van der Waals surface area contributed by atoms with Crippen molar-refractivity contribution < 1.29 is 0 Å². The summed E-state index contributed by atoms with van der Waals surface area (Å²) >= 11 is 3.57. The molecule has 0 N–H and O–H groups in total. The molecule has 0 saturated carbocycles. The summed E-state index contributed by atoms with van der Waals surface area (Å²) in [6.45, 7) is 0. The highest BCUT2D eigenvalue weighted by Crippen LogP contribution is 2.20. The van der Waals surface area contributed by atoms with Gasteiger partial charge in [-0.25, -0.2) is 0 Å². The van der Waals surface area contributed by atoms with Gasteiger partial charge in [-0.2, -0.15) is 0 Å². The van der Waals surface area contributed by atoms with E-state index < -0.39 is 0 Å². The second kappa shape index (κ2) is 6.21. The van der Waals surface area contributed by atoms with E-state index in [1.165, 1.54) is 11.1 Å². The van der Waals surface area contributed by atoms with E-state index in [1.54, 1.807) is 0 Å². The molecule has 0 atom stereocenters. The molecule has 2 rings (SSSR count). The van der Waals surface area contributed by atoms with Crippen LogP contribution in [0, 0.1) is 0 Å². The molecular formula is C16H13Br. The van der Waals surface area contributed by atoms with E-state index in [1.807, 2.05) is 42.5 Å². The Hall–Kier alpha value is -1.60. The molecule has 0 spiro atoms. The van der Waals surface area contributed by atoms with Crippen LogP contribution in [0.4, 0.5) is 0 Å². The van der Waals surface area contributed by atoms with Crippen molar-refractivity contribution in [2.24, 2.45) is 0 Å². The van der Waals surface area contributed by atoms with Crippen LogP contribution in [0.1, 0.15) is 11.1 Å². The van der Waals surface area contributed by atoms with Crippen molar-refractivity contribution in [3.63, 3.8) is 0 Å². The predicted octanol–water partition coefficient (Wildman–Crippen LogP) is 5.14. The van der Waals surface area contributed by atoms with Gasteiger partial charge in [-0.05, 0) is 17.2 Å². The Labute approximate surface area is 110 Å². The minimum absolute atomic E-state index is 1.09.